The van der Waals surface area contributed by atoms with E-state index in [0.717, 1.165) is 19.4 Å². The summed E-state index contributed by atoms with van der Waals surface area (Å²) in [4.78, 5) is 27.9. The maximum atomic E-state index is 12.7. The standard InChI is InChI=1S/C18H26N2O4/c1-19(2)13-15-8-10-20(11-9-15)16(21)18(24,17(22)23)12-14-6-4-3-5-7-14/h3-7,15,24H,8-13H2,1-2H3,(H,22,23). The van der Waals surface area contributed by atoms with Crippen LogP contribution in [0, 0.1) is 5.92 Å². The Morgan fingerprint density at radius 2 is 1.79 bits per heavy atom. The van der Waals surface area contributed by atoms with Gasteiger partial charge in [-0.05, 0) is 38.4 Å². The molecule has 1 unspecified atom stereocenters. The number of benzene rings is 1. The molecular weight excluding hydrogens is 308 g/mol. The van der Waals surface area contributed by atoms with Crippen molar-refractivity contribution in [2.75, 3.05) is 33.7 Å². The minimum atomic E-state index is -2.41. The smallest absolute Gasteiger partial charge is 0.346 e. The van der Waals surface area contributed by atoms with Crippen LogP contribution in [-0.2, 0) is 16.0 Å². The number of piperidine rings is 1. The summed E-state index contributed by atoms with van der Waals surface area (Å²) < 4.78 is 0. The van der Waals surface area contributed by atoms with Crippen LogP contribution in [0.2, 0.25) is 0 Å². The Kier molecular flexibility index (Phi) is 5.96. The predicted octanol–water partition coefficient (Wildman–Crippen LogP) is 0.845. The second kappa shape index (κ2) is 7.77. The average molecular weight is 334 g/mol. The number of carboxylic acids is 1. The summed E-state index contributed by atoms with van der Waals surface area (Å²) in [6.07, 6.45) is 1.43. The van der Waals surface area contributed by atoms with Crippen molar-refractivity contribution in [1.82, 2.24) is 9.80 Å². The van der Waals surface area contributed by atoms with Gasteiger partial charge in [-0.1, -0.05) is 30.3 Å². The summed E-state index contributed by atoms with van der Waals surface area (Å²) in [7, 11) is 4.03. The van der Waals surface area contributed by atoms with E-state index in [-0.39, 0.29) is 6.42 Å². The molecule has 1 heterocycles. The first-order valence-electron chi connectivity index (χ1n) is 8.26. The lowest BCUT2D eigenvalue weighted by molar-refractivity contribution is -0.172. The van der Waals surface area contributed by atoms with Crippen molar-refractivity contribution in [2.45, 2.75) is 24.9 Å². The lowest BCUT2D eigenvalue weighted by atomic mass is 9.90. The Morgan fingerprint density at radius 3 is 2.29 bits per heavy atom. The lowest BCUT2D eigenvalue weighted by Crippen LogP contribution is -2.57. The van der Waals surface area contributed by atoms with Gasteiger partial charge in [0.2, 0.25) is 5.60 Å². The number of likely N-dealkylation sites (tertiary alicyclic amines) is 1. The van der Waals surface area contributed by atoms with Gasteiger partial charge < -0.3 is 20.0 Å². The first-order chi connectivity index (χ1) is 11.3. The fraction of sp³-hybridized carbons (Fsp3) is 0.556. The molecule has 6 heteroatoms. The van der Waals surface area contributed by atoms with Crippen molar-refractivity contribution in [3.63, 3.8) is 0 Å². The number of amides is 1. The van der Waals surface area contributed by atoms with E-state index in [9.17, 15) is 19.8 Å². The molecule has 2 N–H and O–H groups in total. The Bertz CT molecular complexity index is 568. The monoisotopic (exact) mass is 334 g/mol. The number of nitrogens with zero attached hydrogens (tertiary/aromatic N) is 2. The van der Waals surface area contributed by atoms with E-state index < -0.39 is 17.5 Å². The van der Waals surface area contributed by atoms with E-state index in [1.165, 1.54) is 4.90 Å². The number of carbonyl (C=O) groups is 2. The summed E-state index contributed by atoms with van der Waals surface area (Å²) in [6.45, 7) is 1.93. The van der Waals surface area contributed by atoms with Gasteiger partial charge in [0.05, 0.1) is 0 Å². The van der Waals surface area contributed by atoms with E-state index in [1.54, 1.807) is 30.3 Å². The van der Waals surface area contributed by atoms with Gasteiger partial charge in [0.25, 0.3) is 5.91 Å². The third-order valence-corrected chi connectivity index (χ3v) is 4.54. The molecule has 1 aliphatic heterocycles. The molecule has 0 radical (unpaired) electrons. The maximum absolute atomic E-state index is 12.7. The van der Waals surface area contributed by atoms with Crippen LogP contribution in [0.5, 0.6) is 0 Å². The van der Waals surface area contributed by atoms with Crippen LogP contribution in [-0.4, -0.2) is 71.2 Å². The number of aliphatic carboxylic acids is 1. The highest BCUT2D eigenvalue weighted by Crippen LogP contribution is 2.23. The van der Waals surface area contributed by atoms with Gasteiger partial charge in [0.15, 0.2) is 0 Å². The third kappa shape index (κ3) is 4.33. The molecule has 1 atom stereocenters. The Balaban J connectivity index is 2.06. The van der Waals surface area contributed by atoms with Gasteiger partial charge in [-0.25, -0.2) is 4.79 Å². The predicted molar refractivity (Wildman–Crippen MR) is 90.6 cm³/mol. The maximum Gasteiger partial charge on any atom is 0.346 e. The Hall–Kier alpha value is -1.92. The van der Waals surface area contributed by atoms with Crippen LogP contribution < -0.4 is 0 Å². The second-order valence-electron chi connectivity index (χ2n) is 6.83. The SMILES string of the molecule is CN(C)CC1CCN(C(=O)C(O)(Cc2ccccc2)C(=O)O)CC1. The Morgan fingerprint density at radius 1 is 1.21 bits per heavy atom. The molecule has 0 spiro atoms. The minimum absolute atomic E-state index is 0.223. The number of hydrogen-bond acceptors (Lipinski definition) is 4. The van der Waals surface area contributed by atoms with E-state index >= 15 is 0 Å². The van der Waals surface area contributed by atoms with Crippen molar-refractivity contribution in [1.29, 1.82) is 0 Å². The highest BCUT2D eigenvalue weighted by molar-refractivity contribution is 6.05. The molecule has 1 aromatic carbocycles. The summed E-state index contributed by atoms with van der Waals surface area (Å²) in [5, 5.41) is 20.0. The molecule has 1 amide bonds. The zero-order valence-electron chi connectivity index (χ0n) is 14.3. The largest absolute Gasteiger partial charge is 0.479 e. The van der Waals surface area contributed by atoms with Gasteiger partial charge in [-0.15, -0.1) is 0 Å². The molecule has 1 fully saturated rings. The lowest BCUT2D eigenvalue weighted by Gasteiger charge is -2.36. The van der Waals surface area contributed by atoms with Gasteiger partial charge in [-0.2, -0.15) is 0 Å². The molecule has 6 nitrogen and oxygen atoms in total. The average Bonchev–Trinajstić information content (AvgIpc) is 2.55. The number of aliphatic hydroxyl groups is 1. The molecule has 24 heavy (non-hydrogen) atoms. The van der Waals surface area contributed by atoms with Crippen LogP contribution in [0.25, 0.3) is 0 Å². The minimum Gasteiger partial charge on any atom is -0.479 e. The van der Waals surface area contributed by atoms with Crippen molar-refractivity contribution in [2.24, 2.45) is 5.92 Å². The first-order valence-corrected chi connectivity index (χ1v) is 8.26. The number of carbonyl (C=O) groups excluding carboxylic acids is 1. The van der Waals surface area contributed by atoms with Crippen molar-refractivity contribution in [3.8, 4) is 0 Å². The number of rotatable bonds is 6. The van der Waals surface area contributed by atoms with Crippen LogP contribution in [0.1, 0.15) is 18.4 Å². The molecule has 2 rings (SSSR count). The molecule has 132 valence electrons. The number of hydrogen-bond donors (Lipinski definition) is 2. The summed E-state index contributed by atoms with van der Waals surface area (Å²) >= 11 is 0. The number of carboxylic acid groups (broad SMARTS) is 1. The summed E-state index contributed by atoms with van der Waals surface area (Å²) in [5.41, 5.74) is -1.78. The fourth-order valence-corrected chi connectivity index (χ4v) is 3.23. The summed E-state index contributed by atoms with van der Waals surface area (Å²) in [6, 6.07) is 8.75. The van der Waals surface area contributed by atoms with Crippen LogP contribution in [0.3, 0.4) is 0 Å². The van der Waals surface area contributed by atoms with E-state index in [2.05, 4.69) is 4.90 Å². The molecule has 0 saturated carbocycles. The first kappa shape index (κ1) is 18.4. The highest BCUT2D eigenvalue weighted by Gasteiger charge is 2.47. The zero-order valence-corrected chi connectivity index (χ0v) is 14.3. The van der Waals surface area contributed by atoms with Crippen molar-refractivity contribution >= 4 is 11.9 Å². The second-order valence-corrected chi connectivity index (χ2v) is 6.83. The summed E-state index contributed by atoms with van der Waals surface area (Å²) in [5.74, 6) is -1.70. The molecule has 1 aromatic rings. The molecule has 1 saturated heterocycles. The van der Waals surface area contributed by atoms with Gasteiger partial charge in [0, 0.05) is 26.1 Å². The van der Waals surface area contributed by atoms with Crippen LogP contribution in [0.4, 0.5) is 0 Å². The van der Waals surface area contributed by atoms with Crippen molar-refractivity contribution < 1.29 is 19.8 Å². The highest BCUT2D eigenvalue weighted by atomic mass is 16.4. The molecular formula is C18H26N2O4. The quantitative estimate of drug-likeness (QED) is 0.754. The Labute approximate surface area is 142 Å². The molecule has 1 aliphatic rings. The van der Waals surface area contributed by atoms with Gasteiger partial charge >= 0.3 is 5.97 Å². The van der Waals surface area contributed by atoms with E-state index in [4.69, 9.17) is 0 Å². The van der Waals surface area contributed by atoms with Crippen LogP contribution >= 0.6 is 0 Å². The zero-order chi connectivity index (χ0) is 17.7. The molecule has 0 bridgehead atoms. The fourth-order valence-electron chi connectivity index (χ4n) is 3.23. The van der Waals surface area contributed by atoms with Crippen molar-refractivity contribution in [3.05, 3.63) is 35.9 Å². The third-order valence-electron chi connectivity index (χ3n) is 4.54. The normalized spacial score (nSPS) is 18.4. The molecule has 0 aliphatic carbocycles. The van der Waals surface area contributed by atoms with Gasteiger partial charge in [-0.3, -0.25) is 4.79 Å². The van der Waals surface area contributed by atoms with Crippen LogP contribution in [0.15, 0.2) is 30.3 Å². The molecule has 0 aromatic heterocycles. The van der Waals surface area contributed by atoms with Gasteiger partial charge in [0.1, 0.15) is 0 Å². The van der Waals surface area contributed by atoms with E-state index in [0.29, 0.717) is 24.6 Å². The van der Waals surface area contributed by atoms with E-state index in [1.807, 2.05) is 14.1 Å². The topological polar surface area (TPSA) is 81.1 Å².